The maximum Gasteiger partial charge on any atom is 0.346 e. The van der Waals surface area contributed by atoms with E-state index in [2.05, 4.69) is 73.9 Å². The Morgan fingerprint density at radius 3 is 1.18 bits per heavy atom. The van der Waals surface area contributed by atoms with Crippen LogP contribution in [0.25, 0.3) is 95.1 Å². The lowest BCUT2D eigenvalue weighted by Crippen LogP contribution is -2.09. The zero-order valence-corrected chi connectivity index (χ0v) is 57.8. The van der Waals surface area contributed by atoms with Gasteiger partial charge in [-0.3, -0.25) is 19.2 Å². The molecule has 0 radical (unpaired) electrons. The standard InChI is InChI=1S/C15H16N2OS.2C14H14N2O2S.C12H9NOS.C12H10O2S.BrH.2ClH/c1-9-5-4-6-11-13(9)12-7-10(8-17(2)3)19-15(12)16-14(11)18;2*1-16(2)7-8-6-10-12-9(4-3-5-11(12)17)13(18)15-14(10)19-8;1-7-3-2-4-8-10(7)9-5-6-15-12(9)13-11(8)14;1-8-4-2-3-5-9(8)10-6-7-15-11(10)12(13)14;;;/h4-7H,8H2,1-3H3,(H,16,18);2*3-6,17H,7H2,1-2H3,(H,15,18);2-6H,1H3,(H,13,14);2-7H,1H3,(H,13,14);3*1H. The van der Waals surface area contributed by atoms with Crippen molar-refractivity contribution in [3.8, 4) is 22.6 Å². The van der Waals surface area contributed by atoms with Gasteiger partial charge in [0.2, 0.25) is 0 Å². The number of carbonyl (C=O) groups is 1. The number of benzene rings is 5. The van der Waals surface area contributed by atoms with Gasteiger partial charge in [-0.2, -0.15) is 0 Å². The van der Waals surface area contributed by atoms with Crippen molar-refractivity contribution >= 4 is 188 Å². The van der Waals surface area contributed by atoms with Crippen molar-refractivity contribution in [2.24, 2.45) is 0 Å². The first-order valence-electron chi connectivity index (χ1n) is 27.5. The SMILES string of the molecule is Br.CN(C)Cc1cc2c([nH]c(=O)c3cccc(O)c32)s1.CN(C)Cc1cc2c([nH]c(=O)c3cccc(O)c32)s1.Cc1cccc2c(=O)[nH]c3sc(CN(C)C)cc3c12.Cc1cccc2c(=O)[nH]c3sccc3c12.Cc1ccccc1-c1ccsc1C(=O)O.Cl.Cl. The average Bonchev–Trinajstić information content (AvgIpc) is 1.55. The van der Waals surface area contributed by atoms with Crippen LogP contribution in [0.4, 0.5) is 0 Å². The zero-order valence-electron chi connectivity index (χ0n) is 50.4. The molecule has 14 rings (SSSR count). The number of aryl methyl sites for hydroxylation is 3. The number of rotatable bonds is 8. The molecule has 5 aromatic carbocycles. The molecule has 15 nitrogen and oxygen atoms in total. The molecule has 0 spiro atoms. The molecule has 0 atom stereocenters. The van der Waals surface area contributed by atoms with Gasteiger partial charge in [0.25, 0.3) is 22.2 Å². The van der Waals surface area contributed by atoms with Gasteiger partial charge in [-0.15, -0.1) is 98.5 Å². The lowest BCUT2D eigenvalue weighted by Gasteiger charge is -2.05. The molecule has 0 fully saturated rings. The number of hydrogen-bond donors (Lipinski definition) is 7. The molecule has 9 heterocycles. The number of carboxylic acids is 1. The Morgan fingerprint density at radius 1 is 0.411 bits per heavy atom. The second-order valence-electron chi connectivity index (χ2n) is 21.7. The molecular weight excluding hydrogens is 1340 g/mol. The minimum absolute atomic E-state index is 0. The van der Waals surface area contributed by atoms with E-state index in [4.69, 9.17) is 5.11 Å². The van der Waals surface area contributed by atoms with Crippen molar-refractivity contribution in [2.45, 2.75) is 40.4 Å². The maximum absolute atomic E-state index is 12.1. The highest BCUT2D eigenvalue weighted by atomic mass is 79.9. The molecule has 0 amide bonds. The van der Waals surface area contributed by atoms with Crippen LogP contribution in [0.3, 0.4) is 0 Å². The Morgan fingerprint density at radius 2 is 0.767 bits per heavy atom. The van der Waals surface area contributed by atoms with E-state index in [-0.39, 0.29) is 75.5 Å². The van der Waals surface area contributed by atoms with Gasteiger partial charge in [-0.25, -0.2) is 4.79 Å². The van der Waals surface area contributed by atoms with Crippen LogP contribution in [0.5, 0.6) is 11.5 Å². The Bertz CT molecular complexity index is 4820. The molecule has 0 saturated carbocycles. The summed E-state index contributed by atoms with van der Waals surface area (Å²) in [5.41, 5.74) is 4.91. The third-order valence-electron chi connectivity index (χ3n) is 14.3. The molecule has 0 unspecified atom stereocenters. The highest BCUT2D eigenvalue weighted by Crippen LogP contribution is 2.37. The van der Waals surface area contributed by atoms with Crippen molar-refractivity contribution in [1.82, 2.24) is 34.6 Å². The van der Waals surface area contributed by atoms with Crippen molar-refractivity contribution in [3.05, 3.63) is 216 Å². The molecule has 14 aromatic rings. The number of fused-ring (bicyclic) bond motifs is 12. The Balaban J connectivity index is 0.000000159. The molecule has 468 valence electrons. The van der Waals surface area contributed by atoms with E-state index >= 15 is 0 Å². The maximum atomic E-state index is 12.1. The van der Waals surface area contributed by atoms with Crippen LogP contribution in [0.15, 0.2) is 157 Å². The number of pyridine rings is 4. The highest BCUT2D eigenvalue weighted by molar-refractivity contribution is 8.93. The molecular formula is C67H66BrCl2N7O8S5. The summed E-state index contributed by atoms with van der Waals surface area (Å²) in [6.45, 7) is 8.61. The number of halogens is 3. The van der Waals surface area contributed by atoms with Crippen LogP contribution < -0.4 is 22.2 Å². The predicted octanol–water partition coefficient (Wildman–Crippen LogP) is 16.0. The monoisotopic (exact) mass is 1410 g/mol. The van der Waals surface area contributed by atoms with E-state index < -0.39 is 5.97 Å². The fourth-order valence-corrected chi connectivity index (χ4v) is 15.7. The van der Waals surface area contributed by atoms with Gasteiger partial charge in [-0.05, 0) is 163 Å². The number of aromatic nitrogens is 4. The fourth-order valence-electron chi connectivity index (χ4n) is 10.6. The van der Waals surface area contributed by atoms with E-state index in [0.717, 1.165) is 120 Å². The summed E-state index contributed by atoms with van der Waals surface area (Å²) in [6.07, 6.45) is 0. The van der Waals surface area contributed by atoms with Gasteiger partial charge in [0.15, 0.2) is 0 Å². The molecule has 9 aromatic heterocycles. The second kappa shape index (κ2) is 30.1. The third-order valence-corrected chi connectivity index (χ3v) is 19.2. The van der Waals surface area contributed by atoms with E-state index in [9.17, 15) is 34.2 Å². The van der Waals surface area contributed by atoms with Crippen LogP contribution in [-0.2, 0) is 19.6 Å². The van der Waals surface area contributed by atoms with Gasteiger partial charge in [0.05, 0.1) is 10.8 Å². The summed E-state index contributed by atoms with van der Waals surface area (Å²) in [7, 11) is 12.1. The first kappa shape index (κ1) is 70.0. The molecule has 0 bridgehead atoms. The smallest absolute Gasteiger partial charge is 0.346 e. The fraction of sp³-hybridized carbons (Fsp3) is 0.179. The summed E-state index contributed by atoms with van der Waals surface area (Å²) < 4.78 is 0. The van der Waals surface area contributed by atoms with Crippen LogP contribution >= 0.6 is 98.5 Å². The lowest BCUT2D eigenvalue weighted by atomic mass is 10.0. The van der Waals surface area contributed by atoms with E-state index in [1.807, 2.05) is 126 Å². The van der Waals surface area contributed by atoms with Gasteiger partial charge in [0.1, 0.15) is 35.7 Å². The van der Waals surface area contributed by atoms with Gasteiger partial charge < -0.3 is 50.0 Å². The molecule has 90 heavy (non-hydrogen) atoms. The van der Waals surface area contributed by atoms with Crippen LogP contribution in [0.2, 0.25) is 0 Å². The largest absolute Gasteiger partial charge is 0.507 e. The number of aromatic hydroxyl groups is 2. The van der Waals surface area contributed by atoms with Crippen LogP contribution in [-0.4, -0.2) is 98.2 Å². The minimum atomic E-state index is -0.858. The summed E-state index contributed by atoms with van der Waals surface area (Å²) in [4.78, 5) is 84.4. The quantitative estimate of drug-likeness (QED) is 0.0759. The van der Waals surface area contributed by atoms with Crippen molar-refractivity contribution in [2.75, 3.05) is 42.3 Å². The normalized spacial score (nSPS) is 11.0. The Labute approximate surface area is 559 Å². The topological polar surface area (TPSA) is 219 Å². The second-order valence-corrected chi connectivity index (χ2v) is 27.0. The van der Waals surface area contributed by atoms with Gasteiger partial charge in [0, 0.05) is 93.7 Å². The van der Waals surface area contributed by atoms with E-state index in [1.165, 1.54) is 16.2 Å². The van der Waals surface area contributed by atoms with Gasteiger partial charge in [-0.1, -0.05) is 60.7 Å². The summed E-state index contributed by atoms with van der Waals surface area (Å²) in [6, 6.07) is 39.8. The number of nitrogens with one attached hydrogen (secondary N) is 4. The summed E-state index contributed by atoms with van der Waals surface area (Å²) in [5.74, 6) is -0.547. The molecule has 0 saturated heterocycles. The summed E-state index contributed by atoms with van der Waals surface area (Å²) in [5, 5.41) is 43.1. The third kappa shape index (κ3) is 15.1. The number of thiophene rings is 5. The molecule has 7 N–H and O–H groups in total. The number of H-pyrrole nitrogens is 4. The number of nitrogens with zero attached hydrogens (tertiary/aromatic N) is 3. The molecule has 0 aliphatic heterocycles. The minimum Gasteiger partial charge on any atom is -0.507 e. The Hall–Kier alpha value is -7.51. The number of hydrogen-bond acceptors (Lipinski definition) is 15. The van der Waals surface area contributed by atoms with Crippen molar-refractivity contribution < 1.29 is 20.1 Å². The first-order chi connectivity index (χ1) is 41.6. The first-order valence-corrected chi connectivity index (χ1v) is 31.7. The van der Waals surface area contributed by atoms with Crippen molar-refractivity contribution in [1.29, 1.82) is 0 Å². The van der Waals surface area contributed by atoms with Crippen LogP contribution in [0.1, 0.15) is 41.0 Å². The predicted molar refractivity (Wildman–Crippen MR) is 391 cm³/mol. The number of phenolic OH excluding ortho intramolecular Hbond substituents is 2. The van der Waals surface area contributed by atoms with Crippen LogP contribution in [0, 0.1) is 20.8 Å². The van der Waals surface area contributed by atoms with Gasteiger partial charge >= 0.3 is 5.97 Å². The van der Waals surface area contributed by atoms with E-state index in [1.54, 1.807) is 81.7 Å². The van der Waals surface area contributed by atoms with E-state index in [0.29, 0.717) is 26.4 Å². The number of carboxylic acid groups (broad SMARTS) is 1. The summed E-state index contributed by atoms with van der Waals surface area (Å²) >= 11 is 7.61. The lowest BCUT2D eigenvalue weighted by molar-refractivity contribution is 0.0703. The highest BCUT2D eigenvalue weighted by Gasteiger charge is 2.17. The average molecular weight is 1410 g/mol. The molecule has 23 heteroatoms. The number of aromatic amines is 4. The molecule has 0 aliphatic carbocycles. The molecule has 0 aliphatic rings. The Kier molecular flexibility index (Phi) is 23.4. The number of phenols is 2. The van der Waals surface area contributed by atoms with Crippen molar-refractivity contribution in [3.63, 3.8) is 0 Å². The number of aromatic carboxylic acids is 1. The zero-order chi connectivity index (χ0) is 62.0.